The molecular weight excluding hydrogens is 423 g/mol. The van der Waals surface area contributed by atoms with Crippen molar-refractivity contribution >= 4 is 34.5 Å². The summed E-state index contributed by atoms with van der Waals surface area (Å²) in [5.41, 5.74) is 1.54. The van der Waals surface area contributed by atoms with Crippen LogP contribution in [-0.4, -0.2) is 37.1 Å². The van der Waals surface area contributed by atoms with E-state index < -0.39 is 5.97 Å². The molecule has 0 aliphatic carbocycles. The highest BCUT2D eigenvalue weighted by molar-refractivity contribution is 14.1. The van der Waals surface area contributed by atoms with Crippen molar-refractivity contribution in [3.05, 3.63) is 50.9 Å². The van der Waals surface area contributed by atoms with Crippen LogP contribution in [0.2, 0.25) is 0 Å². The molecule has 0 atom stereocenters. The lowest BCUT2D eigenvalue weighted by molar-refractivity contribution is 0.0520. The molecule has 7 heteroatoms. The lowest BCUT2D eigenvalue weighted by atomic mass is 10.2. The van der Waals surface area contributed by atoms with Crippen LogP contribution in [0.5, 0.6) is 5.75 Å². The Morgan fingerprint density at radius 1 is 1.25 bits per heavy atom. The fourth-order valence-corrected chi connectivity index (χ4v) is 2.45. The molecule has 128 valence electrons. The molecule has 1 aromatic heterocycles. The Bertz CT molecular complexity index is 710. The zero-order chi connectivity index (χ0) is 17.5. The summed E-state index contributed by atoms with van der Waals surface area (Å²) < 4.78 is 11.8. The van der Waals surface area contributed by atoms with Gasteiger partial charge in [-0.1, -0.05) is 12.1 Å². The summed E-state index contributed by atoms with van der Waals surface area (Å²) in [6.07, 6.45) is 0.698. The van der Waals surface area contributed by atoms with Crippen LogP contribution < -0.4 is 10.1 Å². The Morgan fingerprint density at radius 2 is 1.96 bits per heavy atom. The molecule has 0 spiro atoms. The molecule has 2 N–H and O–H groups in total. The highest BCUT2D eigenvalue weighted by Crippen LogP contribution is 2.21. The Labute approximate surface area is 154 Å². The van der Waals surface area contributed by atoms with Gasteiger partial charge in [-0.25, -0.2) is 4.79 Å². The normalized spacial score (nSPS) is 10.3. The summed E-state index contributed by atoms with van der Waals surface area (Å²) in [7, 11) is 1.52. The predicted octanol–water partition coefficient (Wildman–Crippen LogP) is 2.78. The van der Waals surface area contributed by atoms with E-state index in [-0.39, 0.29) is 23.9 Å². The Kier molecular flexibility index (Phi) is 6.65. The van der Waals surface area contributed by atoms with Crippen molar-refractivity contribution in [2.24, 2.45) is 0 Å². The molecule has 0 bridgehead atoms. The maximum absolute atomic E-state index is 11.9. The number of benzene rings is 1. The second kappa shape index (κ2) is 8.72. The summed E-state index contributed by atoms with van der Waals surface area (Å²) in [5, 5.41) is 2.52. The molecule has 2 rings (SSSR count). The van der Waals surface area contributed by atoms with Crippen LogP contribution in [-0.2, 0) is 11.2 Å². The van der Waals surface area contributed by atoms with Gasteiger partial charge in [0.05, 0.1) is 13.2 Å². The number of nitrogens with one attached hydrogen (secondary N) is 2. The minimum Gasteiger partial charge on any atom is -0.491 e. The maximum Gasteiger partial charge on any atom is 0.354 e. The van der Waals surface area contributed by atoms with E-state index in [0.717, 1.165) is 5.56 Å². The minimum absolute atomic E-state index is 0.194. The van der Waals surface area contributed by atoms with E-state index in [1.807, 2.05) is 24.3 Å². The van der Waals surface area contributed by atoms with Gasteiger partial charge in [-0.05, 0) is 47.2 Å². The van der Waals surface area contributed by atoms with Crippen molar-refractivity contribution in [2.45, 2.75) is 13.3 Å². The molecule has 0 saturated heterocycles. The molecule has 0 aliphatic rings. The number of amides is 1. The average Bonchev–Trinajstić information content (AvgIpc) is 3.00. The van der Waals surface area contributed by atoms with E-state index in [1.165, 1.54) is 16.7 Å². The Balaban J connectivity index is 2.08. The van der Waals surface area contributed by atoms with E-state index in [9.17, 15) is 9.59 Å². The Morgan fingerprint density at radius 3 is 2.58 bits per heavy atom. The second-order valence-electron chi connectivity index (χ2n) is 4.95. The van der Waals surface area contributed by atoms with E-state index in [0.29, 0.717) is 18.8 Å². The van der Waals surface area contributed by atoms with E-state index in [4.69, 9.17) is 9.47 Å². The van der Waals surface area contributed by atoms with Crippen molar-refractivity contribution in [3.63, 3.8) is 0 Å². The number of hydrogen-bond acceptors (Lipinski definition) is 4. The van der Waals surface area contributed by atoms with Gasteiger partial charge in [0.1, 0.15) is 11.4 Å². The number of carbonyl (C=O) groups is 2. The minimum atomic E-state index is -0.518. The van der Waals surface area contributed by atoms with Crippen molar-refractivity contribution in [1.29, 1.82) is 0 Å². The third kappa shape index (κ3) is 4.73. The topological polar surface area (TPSA) is 80.4 Å². The van der Waals surface area contributed by atoms with Gasteiger partial charge in [0.2, 0.25) is 0 Å². The maximum atomic E-state index is 11.9. The number of halogens is 1. The van der Waals surface area contributed by atoms with Gasteiger partial charge in [0.25, 0.3) is 5.91 Å². The third-order valence-electron chi connectivity index (χ3n) is 3.29. The van der Waals surface area contributed by atoms with Gasteiger partial charge in [0, 0.05) is 23.1 Å². The lowest BCUT2D eigenvalue weighted by Crippen LogP contribution is -2.19. The number of hydrogen-bond donors (Lipinski definition) is 2. The molecule has 0 aliphatic heterocycles. The van der Waals surface area contributed by atoms with Crippen molar-refractivity contribution < 1.29 is 19.1 Å². The molecule has 6 nitrogen and oxygen atoms in total. The first-order valence-electron chi connectivity index (χ1n) is 7.54. The summed E-state index contributed by atoms with van der Waals surface area (Å²) in [6, 6.07) is 9.62. The lowest BCUT2D eigenvalue weighted by Gasteiger charge is -2.06. The number of H-pyrrole nitrogens is 1. The first kappa shape index (κ1) is 18.3. The monoisotopic (exact) mass is 442 g/mol. The molecule has 0 fully saturated rings. The van der Waals surface area contributed by atoms with Crippen LogP contribution in [0.4, 0.5) is 0 Å². The number of carbonyl (C=O) groups excluding carboxylic acids is 2. The fraction of sp³-hybridized carbons (Fsp3) is 0.294. The van der Waals surface area contributed by atoms with Crippen LogP contribution in [0.1, 0.15) is 33.5 Å². The van der Waals surface area contributed by atoms with Crippen LogP contribution in [0.15, 0.2) is 30.3 Å². The van der Waals surface area contributed by atoms with Crippen LogP contribution in [0, 0.1) is 3.57 Å². The molecular formula is C17H19IN2O4. The van der Waals surface area contributed by atoms with E-state index in [1.54, 1.807) is 6.92 Å². The molecule has 0 saturated carbocycles. The third-order valence-corrected chi connectivity index (χ3v) is 4.01. The fourth-order valence-electron chi connectivity index (χ4n) is 2.09. The SMILES string of the molecule is CCOC(=O)c1cc(OCCc2ccc(I)cc2)c(C(=O)NC)[nH]1. The summed E-state index contributed by atoms with van der Waals surface area (Å²) >= 11 is 2.25. The smallest absolute Gasteiger partial charge is 0.354 e. The highest BCUT2D eigenvalue weighted by atomic mass is 127. The second-order valence-corrected chi connectivity index (χ2v) is 6.19. The number of ether oxygens (including phenoxy) is 2. The zero-order valence-electron chi connectivity index (χ0n) is 13.5. The zero-order valence-corrected chi connectivity index (χ0v) is 15.7. The molecule has 1 heterocycles. The molecule has 0 radical (unpaired) electrons. The Hall–Kier alpha value is -2.03. The number of aromatic nitrogens is 1. The van der Waals surface area contributed by atoms with E-state index >= 15 is 0 Å². The van der Waals surface area contributed by atoms with Crippen LogP contribution >= 0.6 is 22.6 Å². The van der Waals surface area contributed by atoms with Crippen molar-refractivity contribution in [1.82, 2.24) is 10.3 Å². The summed E-state index contributed by atoms with van der Waals surface area (Å²) in [5.74, 6) is -0.534. The molecule has 1 amide bonds. The first-order valence-corrected chi connectivity index (χ1v) is 8.62. The molecule has 24 heavy (non-hydrogen) atoms. The largest absolute Gasteiger partial charge is 0.491 e. The molecule has 0 unspecified atom stereocenters. The average molecular weight is 442 g/mol. The first-order chi connectivity index (χ1) is 11.5. The molecule has 2 aromatic rings. The van der Waals surface area contributed by atoms with Gasteiger partial charge >= 0.3 is 5.97 Å². The summed E-state index contributed by atoms with van der Waals surface area (Å²) in [6.45, 7) is 2.37. The number of rotatable bonds is 7. The van der Waals surface area contributed by atoms with Gasteiger partial charge in [-0.15, -0.1) is 0 Å². The van der Waals surface area contributed by atoms with Crippen LogP contribution in [0.25, 0.3) is 0 Å². The van der Waals surface area contributed by atoms with Crippen LogP contribution in [0.3, 0.4) is 0 Å². The van der Waals surface area contributed by atoms with Gasteiger partial charge in [-0.3, -0.25) is 4.79 Å². The highest BCUT2D eigenvalue weighted by Gasteiger charge is 2.20. The van der Waals surface area contributed by atoms with Gasteiger partial charge < -0.3 is 19.8 Å². The van der Waals surface area contributed by atoms with Gasteiger partial charge in [0.15, 0.2) is 5.75 Å². The predicted molar refractivity (Wildman–Crippen MR) is 98.5 cm³/mol. The van der Waals surface area contributed by atoms with E-state index in [2.05, 4.69) is 32.9 Å². The molecule has 1 aromatic carbocycles. The van der Waals surface area contributed by atoms with Crippen molar-refractivity contribution in [2.75, 3.05) is 20.3 Å². The quantitative estimate of drug-likeness (QED) is 0.511. The van der Waals surface area contributed by atoms with Crippen molar-refractivity contribution in [3.8, 4) is 5.75 Å². The number of aromatic amines is 1. The standard InChI is InChI=1S/C17H19IN2O4/c1-3-23-17(22)13-10-14(15(20-13)16(21)19-2)24-9-8-11-4-6-12(18)7-5-11/h4-7,10,20H,3,8-9H2,1-2H3,(H,19,21). The number of esters is 1. The van der Waals surface area contributed by atoms with Gasteiger partial charge in [-0.2, -0.15) is 0 Å². The summed E-state index contributed by atoms with van der Waals surface area (Å²) in [4.78, 5) is 26.5.